The van der Waals surface area contributed by atoms with Gasteiger partial charge < -0.3 is 14.6 Å². The first-order valence-corrected chi connectivity index (χ1v) is 10.7. The number of anilines is 1. The van der Waals surface area contributed by atoms with E-state index in [-0.39, 0.29) is 11.3 Å². The highest BCUT2D eigenvalue weighted by atomic mass is 16.5. The Balaban J connectivity index is 1.96. The minimum atomic E-state index is -0.835. The van der Waals surface area contributed by atoms with Crippen molar-refractivity contribution in [3.63, 3.8) is 0 Å². The summed E-state index contributed by atoms with van der Waals surface area (Å²) in [6.45, 7) is 4.30. The highest BCUT2D eigenvalue weighted by Gasteiger charge is 2.47. The number of para-hydroxylation sites is 1. The molecule has 0 spiro atoms. The van der Waals surface area contributed by atoms with Crippen molar-refractivity contribution in [1.29, 1.82) is 0 Å². The number of nitrogens with zero attached hydrogens (tertiary/aromatic N) is 1. The largest absolute Gasteiger partial charge is 0.507 e. The number of aliphatic hydroxyl groups is 1. The Labute approximate surface area is 192 Å². The number of hydrogen-bond donors (Lipinski definition) is 1. The van der Waals surface area contributed by atoms with Gasteiger partial charge in [-0.05, 0) is 55.8 Å². The van der Waals surface area contributed by atoms with Gasteiger partial charge in [-0.3, -0.25) is 14.5 Å². The third kappa shape index (κ3) is 4.07. The number of amides is 1. The van der Waals surface area contributed by atoms with Gasteiger partial charge in [0.2, 0.25) is 0 Å². The molecule has 1 saturated heterocycles. The van der Waals surface area contributed by atoms with Gasteiger partial charge in [-0.15, -0.1) is 0 Å². The van der Waals surface area contributed by atoms with Gasteiger partial charge in [0.15, 0.2) is 0 Å². The molecule has 3 aromatic rings. The average molecular weight is 443 g/mol. The molecular weight excluding hydrogens is 418 g/mol. The van der Waals surface area contributed by atoms with Crippen LogP contribution in [0.3, 0.4) is 0 Å². The third-order valence-electron chi connectivity index (χ3n) is 5.60. The lowest BCUT2D eigenvalue weighted by Gasteiger charge is -2.26. The predicted molar refractivity (Wildman–Crippen MR) is 127 cm³/mol. The number of aryl methyl sites for hydroxylation is 1. The van der Waals surface area contributed by atoms with Gasteiger partial charge in [0.1, 0.15) is 17.3 Å². The smallest absolute Gasteiger partial charge is 0.300 e. The van der Waals surface area contributed by atoms with E-state index in [2.05, 4.69) is 0 Å². The summed E-state index contributed by atoms with van der Waals surface area (Å²) in [4.78, 5) is 28.0. The van der Waals surface area contributed by atoms with Crippen LogP contribution in [-0.2, 0) is 9.59 Å². The van der Waals surface area contributed by atoms with Crippen LogP contribution in [0, 0.1) is 6.92 Å². The summed E-state index contributed by atoms with van der Waals surface area (Å²) in [5.41, 5.74) is 2.58. The molecule has 3 aromatic carbocycles. The van der Waals surface area contributed by atoms with E-state index >= 15 is 0 Å². The van der Waals surface area contributed by atoms with Crippen molar-refractivity contribution in [2.75, 3.05) is 18.6 Å². The molecule has 33 heavy (non-hydrogen) atoms. The second-order valence-electron chi connectivity index (χ2n) is 7.71. The minimum Gasteiger partial charge on any atom is -0.507 e. The Bertz CT molecular complexity index is 1230. The van der Waals surface area contributed by atoms with Crippen LogP contribution in [0.2, 0.25) is 0 Å². The molecule has 0 radical (unpaired) electrons. The number of aliphatic hydroxyl groups excluding tert-OH is 1. The molecule has 6 heteroatoms. The number of hydrogen-bond acceptors (Lipinski definition) is 5. The molecule has 1 N–H and O–H groups in total. The molecule has 0 bridgehead atoms. The van der Waals surface area contributed by atoms with E-state index in [4.69, 9.17) is 9.47 Å². The number of benzene rings is 3. The lowest BCUT2D eigenvalue weighted by atomic mass is 9.94. The number of ether oxygens (including phenoxy) is 2. The predicted octanol–water partition coefficient (Wildman–Crippen LogP) is 5.03. The normalized spacial score (nSPS) is 17.3. The molecule has 1 atom stereocenters. The number of carbonyl (C=O) groups is 2. The molecule has 1 fully saturated rings. The first-order chi connectivity index (χ1) is 16.0. The van der Waals surface area contributed by atoms with Crippen LogP contribution in [-0.4, -0.2) is 30.5 Å². The van der Waals surface area contributed by atoms with Crippen molar-refractivity contribution in [2.45, 2.75) is 19.9 Å². The highest BCUT2D eigenvalue weighted by molar-refractivity contribution is 6.51. The minimum absolute atomic E-state index is 0.00118. The molecule has 1 aliphatic rings. The maximum atomic E-state index is 13.3. The number of methoxy groups -OCH3 is 1. The fourth-order valence-electron chi connectivity index (χ4n) is 4.05. The topological polar surface area (TPSA) is 76.1 Å². The zero-order chi connectivity index (χ0) is 23.5. The summed E-state index contributed by atoms with van der Waals surface area (Å²) >= 11 is 0. The molecule has 1 heterocycles. The van der Waals surface area contributed by atoms with Gasteiger partial charge >= 0.3 is 0 Å². The Kier molecular flexibility index (Phi) is 6.18. The molecule has 4 rings (SSSR count). The van der Waals surface area contributed by atoms with Crippen molar-refractivity contribution in [3.05, 3.63) is 95.1 Å². The van der Waals surface area contributed by atoms with Gasteiger partial charge in [0.25, 0.3) is 11.7 Å². The molecule has 0 saturated carbocycles. The van der Waals surface area contributed by atoms with Crippen LogP contribution >= 0.6 is 0 Å². The Morgan fingerprint density at radius 3 is 2.42 bits per heavy atom. The van der Waals surface area contributed by atoms with Crippen molar-refractivity contribution in [3.8, 4) is 11.5 Å². The molecule has 0 aliphatic carbocycles. The van der Waals surface area contributed by atoms with E-state index in [0.29, 0.717) is 34.9 Å². The van der Waals surface area contributed by atoms with Crippen LogP contribution in [0.1, 0.15) is 29.7 Å². The lowest BCUT2D eigenvalue weighted by molar-refractivity contribution is -0.132. The van der Waals surface area contributed by atoms with Gasteiger partial charge in [0.05, 0.1) is 30.9 Å². The second kappa shape index (κ2) is 9.20. The molecule has 1 aliphatic heterocycles. The summed E-state index contributed by atoms with van der Waals surface area (Å²) < 4.78 is 11.0. The summed E-state index contributed by atoms with van der Waals surface area (Å²) in [6.07, 6.45) is 0. The van der Waals surface area contributed by atoms with Crippen molar-refractivity contribution < 1.29 is 24.2 Å². The van der Waals surface area contributed by atoms with Crippen LogP contribution < -0.4 is 14.4 Å². The summed E-state index contributed by atoms with van der Waals surface area (Å²) in [5.74, 6) is -0.736. The van der Waals surface area contributed by atoms with Crippen LogP contribution in [0.25, 0.3) is 5.76 Å². The Hall–Kier alpha value is -4.06. The quantitative estimate of drug-likeness (QED) is 0.329. The maximum Gasteiger partial charge on any atom is 0.300 e. The van der Waals surface area contributed by atoms with E-state index < -0.39 is 17.7 Å². The number of rotatable bonds is 6. The Morgan fingerprint density at radius 1 is 1.00 bits per heavy atom. The molecule has 6 nitrogen and oxygen atoms in total. The van der Waals surface area contributed by atoms with Gasteiger partial charge in [0, 0.05) is 5.69 Å². The van der Waals surface area contributed by atoms with Crippen molar-refractivity contribution >= 4 is 23.1 Å². The van der Waals surface area contributed by atoms with Crippen molar-refractivity contribution in [1.82, 2.24) is 0 Å². The van der Waals surface area contributed by atoms with E-state index in [9.17, 15) is 14.7 Å². The van der Waals surface area contributed by atoms with Gasteiger partial charge in [-0.25, -0.2) is 0 Å². The maximum absolute atomic E-state index is 13.3. The molecule has 1 unspecified atom stereocenters. The first kappa shape index (κ1) is 22.1. The SMILES string of the molecule is CCOc1cccc(C2/C(=C(/O)c3ccccc3OC)C(=O)C(=O)N2c2ccc(C)cc2)c1. The summed E-state index contributed by atoms with van der Waals surface area (Å²) in [5, 5.41) is 11.3. The number of Topliss-reactive ketones (excluding diaryl/α,β-unsaturated/α-hetero) is 1. The standard InChI is InChI=1S/C27H25NO5/c1-4-33-20-9-7-8-18(16-20)24-23(25(29)21-10-5-6-11-22(21)32-3)26(30)27(31)28(24)19-14-12-17(2)13-15-19/h5-16,24,29H,4H2,1-3H3/b25-23-. The molecular formula is C27H25NO5. The molecule has 168 valence electrons. The van der Waals surface area contributed by atoms with Gasteiger partial charge in [-0.1, -0.05) is 42.0 Å². The fraction of sp³-hybridized carbons (Fsp3) is 0.185. The number of ketones is 1. The average Bonchev–Trinajstić information content (AvgIpc) is 3.10. The monoisotopic (exact) mass is 443 g/mol. The van der Waals surface area contributed by atoms with E-state index in [1.807, 2.05) is 38.1 Å². The summed E-state index contributed by atoms with van der Waals surface area (Å²) in [7, 11) is 1.49. The number of carbonyl (C=O) groups excluding carboxylic acids is 2. The zero-order valence-electron chi connectivity index (χ0n) is 18.7. The van der Waals surface area contributed by atoms with Crippen LogP contribution in [0.4, 0.5) is 5.69 Å². The summed E-state index contributed by atoms with van der Waals surface area (Å²) in [6, 6.07) is 20.6. The fourth-order valence-corrected chi connectivity index (χ4v) is 4.05. The Morgan fingerprint density at radius 2 is 1.73 bits per heavy atom. The van der Waals surface area contributed by atoms with E-state index in [1.165, 1.54) is 12.0 Å². The van der Waals surface area contributed by atoms with Crippen LogP contribution in [0.5, 0.6) is 11.5 Å². The van der Waals surface area contributed by atoms with E-state index in [0.717, 1.165) is 5.56 Å². The lowest BCUT2D eigenvalue weighted by Crippen LogP contribution is -2.29. The zero-order valence-corrected chi connectivity index (χ0v) is 18.7. The van der Waals surface area contributed by atoms with Crippen molar-refractivity contribution in [2.24, 2.45) is 0 Å². The van der Waals surface area contributed by atoms with E-state index in [1.54, 1.807) is 48.5 Å². The molecule has 1 amide bonds. The van der Waals surface area contributed by atoms with Crippen LogP contribution in [0.15, 0.2) is 78.4 Å². The highest BCUT2D eigenvalue weighted by Crippen LogP contribution is 2.43. The van der Waals surface area contributed by atoms with Gasteiger partial charge in [-0.2, -0.15) is 0 Å². The molecule has 0 aromatic heterocycles. The first-order valence-electron chi connectivity index (χ1n) is 10.7. The second-order valence-corrected chi connectivity index (χ2v) is 7.71. The third-order valence-corrected chi connectivity index (χ3v) is 5.60.